The van der Waals surface area contributed by atoms with Crippen LogP contribution in [0.25, 0.3) is 34.4 Å². The van der Waals surface area contributed by atoms with Gasteiger partial charge in [0.1, 0.15) is 36.6 Å². The molecule has 3 N–H and O–H groups in total. The number of halogens is 2. The van der Waals surface area contributed by atoms with E-state index in [9.17, 15) is 13.6 Å². The molecule has 7 aliphatic rings. The third-order valence-electron chi connectivity index (χ3n) is 15.1. The molecule has 0 radical (unpaired) electrons. The van der Waals surface area contributed by atoms with Crippen LogP contribution >= 0.6 is 0 Å². The second kappa shape index (κ2) is 24.0. The number of aryl methyl sites for hydroxylation is 3. The summed E-state index contributed by atoms with van der Waals surface area (Å²) >= 11 is 0. The van der Waals surface area contributed by atoms with Crippen molar-refractivity contribution in [2.24, 2.45) is 4.99 Å². The van der Waals surface area contributed by atoms with Crippen molar-refractivity contribution in [2.45, 2.75) is 91.0 Å². The second-order valence-electron chi connectivity index (χ2n) is 21.6. The van der Waals surface area contributed by atoms with Gasteiger partial charge in [-0.1, -0.05) is 6.07 Å². The average molecular weight is 1120 g/mol. The molecule has 0 aromatic carbocycles. The first-order valence-corrected chi connectivity index (χ1v) is 27.7. The number of carbonyl (C=O) groups excluding carboxylic acids is 1. The summed E-state index contributed by atoms with van der Waals surface area (Å²) < 4.78 is 28.1. The predicted octanol–water partition coefficient (Wildman–Crippen LogP) is 7.70. The molecule has 21 nitrogen and oxygen atoms in total. The van der Waals surface area contributed by atoms with E-state index in [0.29, 0.717) is 77.1 Å². The molecule has 422 valence electrons. The highest BCUT2D eigenvalue weighted by Gasteiger charge is 2.45. The topological polar surface area (TPSA) is 231 Å². The van der Waals surface area contributed by atoms with Crippen molar-refractivity contribution in [3.8, 4) is 34.4 Å². The van der Waals surface area contributed by atoms with Crippen LogP contribution in [-0.2, 0) is 26.3 Å². The van der Waals surface area contributed by atoms with E-state index in [1.54, 1.807) is 41.3 Å². The summed E-state index contributed by atoms with van der Waals surface area (Å²) in [6, 6.07) is 27.0. The minimum absolute atomic E-state index is 0.358. The second-order valence-corrected chi connectivity index (χ2v) is 21.6. The fraction of sp³-hybridized carbons (Fsp3) is 0.317. The molecule has 6 fully saturated rings. The van der Waals surface area contributed by atoms with Crippen molar-refractivity contribution < 1.29 is 13.6 Å². The zero-order valence-electron chi connectivity index (χ0n) is 46.5. The van der Waals surface area contributed by atoms with E-state index in [1.807, 2.05) is 69.7 Å². The van der Waals surface area contributed by atoms with E-state index in [-0.39, 0.29) is 0 Å². The Bertz CT molecular complexity index is 3760. The average Bonchev–Trinajstić information content (AvgIpc) is 4.36. The zero-order chi connectivity index (χ0) is 57.0. The highest BCUT2D eigenvalue weighted by atomic mass is 19.1. The predicted molar refractivity (Wildman–Crippen MR) is 311 cm³/mol. The molecule has 16 rings (SSSR count). The third-order valence-corrected chi connectivity index (χ3v) is 15.1. The van der Waals surface area contributed by atoms with E-state index in [0.717, 1.165) is 108 Å². The normalized spacial score (nSPS) is 18.6. The van der Waals surface area contributed by atoms with Gasteiger partial charge in [-0.25, -0.2) is 58.0 Å². The quantitative estimate of drug-likeness (QED) is 0.0886. The number of alkyl halides is 2. The molecular weight excluding hydrogens is 1050 g/mol. The maximum absolute atomic E-state index is 12.8. The number of piperidine rings is 2. The van der Waals surface area contributed by atoms with Crippen molar-refractivity contribution in [1.29, 1.82) is 0 Å². The van der Waals surface area contributed by atoms with Gasteiger partial charge in [-0.05, 0) is 124 Å². The molecule has 6 saturated heterocycles. The Morgan fingerprint density at radius 2 is 1.23 bits per heavy atom. The number of nitrogens with one attached hydrogen (secondary N) is 3. The largest absolute Gasteiger partial charge is 0.353 e. The molecule has 9 aromatic rings. The summed E-state index contributed by atoms with van der Waals surface area (Å²) in [7, 11) is 0. The number of hydrogen-bond donors (Lipinski definition) is 3. The fourth-order valence-electron chi connectivity index (χ4n) is 10.9. The molecule has 4 unspecified atom stereocenters. The maximum atomic E-state index is 12.8. The number of amidine groups is 1. The number of aliphatic imine (C=N–C) groups is 1. The van der Waals surface area contributed by atoms with Gasteiger partial charge in [-0.3, -0.25) is 19.8 Å². The first-order chi connectivity index (χ1) is 40.5. The highest BCUT2D eigenvalue weighted by molar-refractivity contribution is 6.05. The van der Waals surface area contributed by atoms with Gasteiger partial charge >= 0.3 is 0 Å². The fourth-order valence-corrected chi connectivity index (χ4v) is 10.9. The van der Waals surface area contributed by atoms with Gasteiger partial charge in [-0.2, -0.15) is 15.3 Å². The number of nitrogens with zero attached hydrogens (tertiary/aromatic N) is 17. The molecule has 0 aliphatic carbocycles. The van der Waals surface area contributed by atoms with Crippen LogP contribution in [0.2, 0.25) is 0 Å². The van der Waals surface area contributed by atoms with Gasteiger partial charge in [0.05, 0.1) is 29.3 Å². The molecule has 0 saturated carbocycles. The molecule has 4 atom stereocenters. The van der Waals surface area contributed by atoms with Crippen LogP contribution in [-0.4, -0.2) is 144 Å². The van der Waals surface area contributed by atoms with Crippen LogP contribution < -0.4 is 20.4 Å². The lowest BCUT2D eigenvalue weighted by Crippen LogP contribution is -2.68. The number of hydrogen-bond acceptors (Lipinski definition) is 18. The minimum atomic E-state index is -0.598. The number of piperazine rings is 2. The smallest absolute Gasteiger partial charge is 0.163 e. The Hall–Kier alpha value is -9.35. The van der Waals surface area contributed by atoms with E-state index >= 15 is 0 Å². The van der Waals surface area contributed by atoms with Gasteiger partial charge in [0, 0.05) is 140 Å². The maximum Gasteiger partial charge on any atom is 0.163 e. The highest BCUT2D eigenvalue weighted by Crippen LogP contribution is 2.36. The van der Waals surface area contributed by atoms with Crippen molar-refractivity contribution in [3.05, 3.63) is 179 Å². The van der Waals surface area contributed by atoms with Crippen LogP contribution in [0.4, 0.5) is 26.2 Å². The molecular formula is C60H62F2N20O. The minimum Gasteiger partial charge on any atom is -0.353 e. The van der Waals surface area contributed by atoms with Gasteiger partial charge < -0.3 is 20.4 Å². The monoisotopic (exact) mass is 1120 g/mol. The first-order valence-electron chi connectivity index (χ1n) is 27.7. The molecule has 0 spiro atoms. The number of aromatic amines is 1. The summed E-state index contributed by atoms with van der Waals surface area (Å²) in [5.41, 5.74) is 10.3. The van der Waals surface area contributed by atoms with Gasteiger partial charge in [0.2, 0.25) is 0 Å². The number of fused-ring (bicyclic) bond motifs is 4. The number of aldehydes is 1. The van der Waals surface area contributed by atoms with Crippen LogP contribution in [0.3, 0.4) is 0 Å². The molecule has 83 heavy (non-hydrogen) atoms. The summed E-state index contributed by atoms with van der Waals surface area (Å²) in [5.74, 6) is 6.24. The molecule has 9 aromatic heterocycles. The van der Waals surface area contributed by atoms with Gasteiger partial charge in [0.25, 0.3) is 0 Å². The number of aromatic nitrogens is 14. The molecule has 23 heteroatoms. The Labute approximate surface area is 478 Å². The van der Waals surface area contributed by atoms with Crippen LogP contribution in [0.5, 0.6) is 0 Å². The summed E-state index contributed by atoms with van der Waals surface area (Å²) in [6.07, 6.45) is 16.4. The molecule has 0 amide bonds. The molecule has 7 aliphatic heterocycles. The van der Waals surface area contributed by atoms with Crippen LogP contribution in [0.1, 0.15) is 75.5 Å². The number of rotatable bonds is 14. The summed E-state index contributed by atoms with van der Waals surface area (Å²) in [4.78, 5) is 58.9. The Morgan fingerprint density at radius 3 is 1.76 bits per heavy atom. The van der Waals surface area contributed by atoms with Crippen molar-refractivity contribution in [3.63, 3.8) is 0 Å². The Morgan fingerprint density at radius 1 is 0.627 bits per heavy atom. The van der Waals surface area contributed by atoms with E-state index < -0.39 is 13.3 Å². The van der Waals surface area contributed by atoms with Gasteiger partial charge in [-0.15, -0.1) is 0 Å². The van der Waals surface area contributed by atoms with Crippen molar-refractivity contribution >= 4 is 29.6 Å². The Balaban J connectivity index is 0.000000138. The molecule has 4 bridgehead atoms. The first kappa shape index (κ1) is 54.2. The number of H-pyrrole nitrogens is 1. The van der Waals surface area contributed by atoms with Crippen molar-refractivity contribution in [2.75, 3.05) is 47.8 Å². The summed E-state index contributed by atoms with van der Waals surface area (Å²) in [6.45, 7) is 12.4. The lowest BCUT2D eigenvalue weighted by atomic mass is 9.87. The van der Waals surface area contributed by atoms with Crippen LogP contribution in [0, 0.1) is 20.8 Å². The lowest BCUT2D eigenvalue weighted by molar-refractivity contribution is -0.00875. The van der Waals surface area contributed by atoms with E-state index in [4.69, 9.17) is 9.97 Å². The van der Waals surface area contributed by atoms with E-state index in [1.165, 1.54) is 29.3 Å². The number of anilines is 3. The number of pyridine rings is 4. The number of carbonyl (C=O) groups is 1. The van der Waals surface area contributed by atoms with Crippen molar-refractivity contribution in [1.82, 2.24) is 79.8 Å². The SMILES string of the molecule is CC1=CC(Nc2cc(C)nc(-c3ccc(N4CC5CC(C4)N5)nc3)n2)=NC1.Cc1cc(Cc2cc(C)[nH]n2)nc(-c2ccc(N3CC4CC(C3)N4Cc3ccc(-n4ccc(CF)n4)nc3)nc2)n1.O=Cc1ccc(-n2ccc(CF)n2)nc1. The Kier molecular flexibility index (Phi) is 15.7. The third kappa shape index (κ3) is 12.7. The van der Waals surface area contributed by atoms with E-state index in [2.05, 4.69) is 118 Å². The molecule has 16 heterocycles. The lowest BCUT2D eigenvalue weighted by Gasteiger charge is -2.56. The van der Waals surface area contributed by atoms with Crippen LogP contribution in [0.15, 0.2) is 133 Å². The standard InChI is InChI=1S/C30H31FN10.C20H23N7.C10H8FN3O/c1-19-9-24(11-25-10-20(2)36-37-25)35-30(34-19)22-4-6-28(33-15-22)39-17-26-12-27(18-39)40(26)16-21-3-5-29(32-14-21)41-8-7-23(13-31)38-41;1-12-5-17(21-8-12)25-18-6-13(2)23-20(26-18)14-3-4-19(22-9-14)27-10-15-7-16(11-27)24-15;11-5-9-3-4-14(13-9)10-2-1-8(7-15)6-12-10/h3-10,14-15,26-27H,11-13,16-18H2,1-2H3,(H,36,37);3-6,9,15-16,24H,7-8,10-11H2,1-2H3,(H,21,23,25,26);1-4,6-7H,5H2. The van der Waals surface area contributed by atoms with Gasteiger partial charge in [0.15, 0.2) is 29.6 Å². The zero-order valence-corrected chi connectivity index (χ0v) is 46.5. The summed E-state index contributed by atoms with van der Waals surface area (Å²) in [5, 5.41) is 22.3.